The Morgan fingerprint density at radius 1 is 1.47 bits per heavy atom. The summed E-state index contributed by atoms with van der Waals surface area (Å²) in [5.41, 5.74) is 0. The molecule has 19 heavy (non-hydrogen) atoms. The average molecular weight is 272 g/mol. The van der Waals surface area contributed by atoms with Crippen molar-refractivity contribution in [2.75, 3.05) is 13.2 Å². The number of unbranched alkanes of at least 4 members (excludes halogenated alkanes) is 1. The third-order valence-corrected chi connectivity index (χ3v) is 3.04. The van der Waals surface area contributed by atoms with Crippen LogP contribution in [0.25, 0.3) is 0 Å². The van der Waals surface area contributed by atoms with Crippen molar-refractivity contribution in [3.63, 3.8) is 0 Å². The van der Waals surface area contributed by atoms with E-state index in [0.717, 1.165) is 12.8 Å². The molecule has 6 nitrogen and oxygen atoms in total. The van der Waals surface area contributed by atoms with E-state index in [9.17, 15) is 9.90 Å². The Kier molecular flexibility index (Phi) is 4.01. The Balaban J connectivity index is 2.05. The molecule has 0 bridgehead atoms. The van der Waals surface area contributed by atoms with E-state index < -0.39 is 29.7 Å². The summed E-state index contributed by atoms with van der Waals surface area (Å²) in [6.45, 7) is 6.32. The van der Waals surface area contributed by atoms with Crippen molar-refractivity contribution in [3.05, 3.63) is 11.5 Å². The van der Waals surface area contributed by atoms with Gasteiger partial charge in [0, 0.05) is 0 Å². The van der Waals surface area contributed by atoms with Gasteiger partial charge in [0.25, 0.3) is 0 Å². The number of carbonyl (C=O) groups excluding carboxylic acids is 1. The first-order chi connectivity index (χ1) is 8.94. The summed E-state index contributed by atoms with van der Waals surface area (Å²) in [5.74, 6) is -1.80. The SMILES string of the molecule is CCCCOC1=C(O)C(=O)O[C@@H]1[C@@H]1COC(C)(C)O1. The Bertz CT molecular complexity index is 387. The van der Waals surface area contributed by atoms with Gasteiger partial charge in [0.1, 0.15) is 6.10 Å². The van der Waals surface area contributed by atoms with Gasteiger partial charge in [-0.15, -0.1) is 0 Å². The summed E-state index contributed by atoms with van der Waals surface area (Å²) < 4.78 is 21.6. The van der Waals surface area contributed by atoms with Gasteiger partial charge in [-0.1, -0.05) is 13.3 Å². The van der Waals surface area contributed by atoms with Crippen LogP contribution in [-0.4, -0.2) is 42.3 Å². The Morgan fingerprint density at radius 2 is 2.21 bits per heavy atom. The Hall–Kier alpha value is -1.27. The van der Waals surface area contributed by atoms with E-state index >= 15 is 0 Å². The summed E-state index contributed by atoms with van der Waals surface area (Å²) in [6, 6.07) is 0. The zero-order valence-corrected chi connectivity index (χ0v) is 11.5. The largest absolute Gasteiger partial charge is 0.499 e. The van der Waals surface area contributed by atoms with E-state index in [-0.39, 0.29) is 5.76 Å². The Morgan fingerprint density at radius 3 is 2.79 bits per heavy atom. The van der Waals surface area contributed by atoms with E-state index in [1.54, 1.807) is 13.8 Å². The lowest BCUT2D eigenvalue weighted by Gasteiger charge is -2.21. The summed E-state index contributed by atoms with van der Waals surface area (Å²) >= 11 is 0. The number of hydrogen-bond acceptors (Lipinski definition) is 6. The maximum Gasteiger partial charge on any atom is 0.378 e. The van der Waals surface area contributed by atoms with Gasteiger partial charge in [-0.2, -0.15) is 0 Å². The molecule has 0 aromatic carbocycles. The molecule has 2 aliphatic heterocycles. The lowest BCUT2D eigenvalue weighted by Crippen LogP contribution is -2.33. The van der Waals surface area contributed by atoms with Crippen molar-refractivity contribution >= 4 is 5.97 Å². The van der Waals surface area contributed by atoms with Crippen LogP contribution in [0.4, 0.5) is 0 Å². The molecular formula is C13H20O6. The minimum absolute atomic E-state index is 0.157. The maximum atomic E-state index is 11.4. The van der Waals surface area contributed by atoms with E-state index in [0.29, 0.717) is 13.2 Å². The van der Waals surface area contributed by atoms with E-state index in [2.05, 4.69) is 0 Å². The van der Waals surface area contributed by atoms with Crippen LogP contribution in [0.3, 0.4) is 0 Å². The Labute approximate surface area is 112 Å². The fourth-order valence-corrected chi connectivity index (χ4v) is 2.05. The highest BCUT2D eigenvalue weighted by molar-refractivity contribution is 5.89. The second-order valence-electron chi connectivity index (χ2n) is 5.11. The zero-order valence-electron chi connectivity index (χ0n) is 11.5. The number of rotatable bonds is 5. The number of esters is 1. The number of cyclic esters (lactones) is 1. The lowest BCUT2D eigenvalue weighted by atomic mass is 10.2. The molecule has 2 heterocycles. The van der Waals surface area contributed by atoms with Crippen LogP contribution >= 0.6 is 0 Å². The lowest BCUT2D eigenvalue weighted by molar-refractivity contribution is -0.163. The molecule has 2 rings (SSSR count). The number of carbonyl (C=O) groups is 1. The van der Waals surface area contributed by atoms with E-state index in [1.807, 2.05) is 6.92 Å². The summed E-state index contributed by atoms with van der Waals surface area (Å²) in [5, 5.41) is 9.70. The van der Waals surface area contributed by atoms with Crippen molar-refractivity contribution < 1.29 is 28.8 Å². The van der Waals surface area contributed by atoms with Crippen molar-refractivity contribution in [2.24, 2.45) is 0 Å². The highest BCUT2D eigenvalue weighted by Crippen LogP contribution is 2.32. The number of aliphatic hydroxyl groups excluding tert-OH is 1. The van der Waals surface area contributed by atoms with Gasteiger partial charge in [-0.25, -0.2) is 4.79 Å². The molecule has 0 spiro atoms. The van der Waals surface area contributed by atoms with Gasteiger partial charge in [-0.05, 0) is 20.3 Å². The third-order valence-electron chi connectivity index (χ3n) is 3.04. The molecule has 0 aromatic heterocycles. The van der Waals surface area contributed by atoms with Crippen LogP contribution in [0.5, 0.6) is 0 Å². The zero-order chi connectivity index (χ0) is 14.0. The normalized spacial score (nSPS) is 29.7. The van der Waals surface area contributed by atoms with Crippen LogP contribution in [0, 0.1) is 0 Å². The maximum absolute atomic E-state index is 11.4. The smallest absolute Gasteiger partial charge is 0.378 e. The van der Waals surface area contributed by atoms with Crippen molar-refractivity contribution in [3.8, 4) is 0 Å². The third kappa shape index (κ3) is 3.01. The molecule has 0 aliphatic carbocycles. The first kappa shape index (κ1) is 14.1. The summed E-state index contributed by atoms with van der Waals surface area (Å²) in [7, 11) is 0. The van der Waals surface area contributed by atoms with Crippen LogP contribution in [0.2, 0.25) is 0 Å². The summed E-state index contributed by atoms with van der Waals surface area (Å²) in [6.07, 6.45) is 0.612. The monoisotopic (exact) mass is 272 g/mol. The highest BCUT2D eigenvalue weighted by Gasteiger charge is 2.47. The molecule has 0 saturated carbocycles. The van der Waals surface area contributed by atoms with Gasteiger partial charge in [0.15, 0.2) is 17.7 Å². The fraction of sp³-hybridized carbons (Fsp3) is 0.769. The van der Waals surface area contributed by atoms with Gasteiger partial charge in [-0.3, -0.25) is 0 Å². The molecule has 1 N–H and O–H groups in total. The second kappa shape index (κ2) is 5.38. The van der Waals surface area contributed by atoms with Gasteiger partial charge < -0.3 is 24.1 Å². The second-order valence-corrected chi connectivity index (χ2v) is 5.11. The molecule has 108 valence electrons. The minimum Gasteiger partial charge on any atom is -0.499 e. The molecule has 1 fully saturated rings. The quantitative estimate of drug-likeness (QED) is 0.606. The highest BCUT2D eigenvalue weighted by atomic mass is 16.8. The molecule has 0 aromatic rings. The number of hydrogen-bond donors (Lipinski definition) is 1. The van der Waals surface area contributed by atoms with Crippen LogP contribution in [0.1, 0.15) is 33.6 Å². The minimum atomic E-state index is -0.773. The van der Waals surface area contributed by atoms with Crippen molar-refractivity contribution in [1.29, 1.82) is 0 Å². The average Bonchev–Trinajstić information content (AvgIpc) is 2.83. The van der Waals surface area contributed by atoms with Gasteiger partial charge in [0.2, 0.25) is 5.76 Å². The molecule has 0 radical (unpaired) electrons. The molecule has 1 saturated heterocycles. The predicted molar refractivity (Wildman–Crippen MR) is 65.3 cm³/mol. The van der Waals surface area contributed by atoms with Crippen molar-refractivity contribution in [1.82, 2.24) is 0 Å². The summed E-state index contributed by atoms with van der Waals surface area (Å²) in [4.78, 5) is 11.4. The molecule has 2 aliphatic rings. The van der Waals surface area contributed by atoms with Crippen LogP contribution < -0.4 is 0 Å². The van der Waals surface area contributed by atoms with Crippen molar-refractivity contribution in [2.45, 2.75) is 51.6 Å². The molecule has 0 amide bonds. The molecule has 0 unspecified atom stereocenters. The van der Waals surface area contributed by atoms with E-state index in [4.69, 9.17) is 18.9 Å². The fourth-order valence-electron chi connectivity index (χ4n) is 2.05. The van der Waals surface area contributed by atoms with E-state index in [1.165, 1.54) is 0 Å². The predicted octanol–water partition coefficient (Wildman–Crippen LogP) is 1.65. The number of ether oxygens (including phenoxy) is 4. The van der Waals surface area contributed by atoms with Gasteiger partial charge in [0.05, 0.1) is 13.2 Å². The first-order valence-corrected chi connectivity index (χ1v) is 6.53. The number of aliphatic hydroxyl groups is 1. The van der Waals surface area contributed by atoms with Crippen LogP contribution in [0.15, 0.2) is 11.5 Å². The first-order valence-electron chi connectivity index (χ1n) is 6.53. The standard InChI is InChI=1S/C13H20O6/c1-4-5-6-16-11-9(14)12(15)18-10(11)8-7-17-13(2,3)19-8/h8,10,14H,4-7H2,1-3H3/t8-,10+/m0/s1. The molecule has 2 atom stereocenters. The van der Waals surface area contributed by atoms with Crippen LogP contribution in [-0.2, 0) is 23.7 Å². The molecular weight excluding hydrogens is 252 g/mol. The molecule has 6 heteroatoms. The van der Waals surface area contributed by atoms with Gasteiger partial charge >= 0.3 is 5.97 Å². The topological polar surface area (TPSA) is 74.2 Å².